The van der Waals surface area contributed by atoms with Crippen molar-refractivity contribution < 1.29 is 27.5 Å². The van der Waals surface area contributed by atoms with Crippen LogP contribution in [0.2, 0.25) is 0 Å². The molecule has 1 aliphatic rings. The maximum absolute atomic E-state index is 13.1. The molecule has 2 heterocycles. The van der Waals surface area contributed by atoms with E-state index in [0.29, 0.717) is 12.2 Å². The van der Waals surface area contributed by atoms with Crippen molar-refractivity contribution >= 4 is 22.0 Å². The van der Waals surface area contributed by atoms with Gasteiger partial charge in [-0.1, -0.05) is 35.0 Å². The molecular formula is C21H29N5O6S. The van der Waals surface area contributed by atoms with Crippen LogP contribution in [0.15, 0.2) is 30.5 Å². The van der Waals surface area contributed by atoms with Gasteiger partial charge in [-0.2, -0.15) is 4.31 Å². The van der Waals surface area contributed by atoms with Gasteiger partial charge < -0.3 is 9.47 Å². The van der Waals surface area contributed by atoms with Gasteiger partial charge in [-0.25, -0.2) is 13.1 Å². The Labute approximate surface area is 193 Å². The van der Waals surface area contributed by atoms with E-state index < -0.39 is 28.0 Å². The van der Waals surface area contributed by atoms with E-state index in [0.717, 1.165) is 15.4 Å². The normalized spacial score (nSPS) is 19.1. The van der Waals surface area contributed by atoms with E-state index in [9.17, 15) is 18.0 Å². The number of esters is 2. The van der Waals surface area contributed by atoms with E-state index >= 15 is 0 Å². The van der Waals surface area contributed by atoms with Crippen molar-refractivity contribution in [2.75, 3.05) is 32.6 Å². The van der Waals surface area contributed by atoms with Crippen LogP contribution in [-0.2, 0) is 48.7 Å². The molecular weight excluding hydrogens is 450 g/mol. The van der Waals surface area contributed by atoms with Crippen molar-refractivity contribution in [1.82, 2.24) is 24.2 Å². The second-order valence-corrected chi connectivity index (χ2v) is 9.87. The molecule has 1 atom stereocenters. The number of nitrogens with zero attached hydrogens (tertiary/aromatic N) is 5. The topological polar surface area (TPSA) is 124 Å². The highest BCUT2D eigenvalue weighted by molar-refractivity contribution is 7.89. The van der Waals surface area contributed by atoms with Gasteiger partial charge in [-0.15, -0.1) is 5.10 Å². The van der Waals surface area contributed by atoms with Gasteiger partial charge in [-0.05, 0) is 19.4 Å². The van der Waals surface area contributed by atoms with Gasteiger partial charge in [0.1, 0.15) is 12.6 Å². The molecule has 2 aromatic rings. The molecule has 1 aliphatic heterocycles. The molecule has 0 aliphatic carbocycles. The first-order valence-electron chi connectivity index (χ1n) is 10.6. The highest BCUT2D eigenvalue weighted by Gasteiger charge is 2.40. The third-order valence-corrected chi connectivity index (χ3v) is 7.10. The number of benzene rings is 1. The average Bonchev–Trinajstić information content (AvgIpc) is 3.17. The Balaban J connectivity index is 1.80. The van der Waals surface area contributed by atoms with Crippen molar-refractivity contribution in [2.24, 2.45) is 0 Å². The van der Waals surface area contributed by atoms with E-state index in [2.05, 4.69) is 10.3 Å². The van der Waals surface area contributed by atoms with Crippen LogP contribution in [0.3, 0.4) is 0 Å². The molecule has 0 radical (unpaired) electrons. The zero-order valence-electron chi connectivity index (χ0n) is 19.0. The lowest BCUT2D eigenvalue weighted by Gasteiger charge is -2.28. The van der Waals surface area contributed by atoms with Crippen LogP contribution in [0.5, 0.6) is 0 Å². The summed E-state index contributed by atoms with van der Waals surface area (Å²) in [6.07, 6.45) is 1.47. The van der Waals surface area contributed by atoms with Crippen LogP contribution in [0.25, 0.3) is 0 Å². The molecule has 1 unspecified atom stereocenters. The number of ether oxygens (including phenoxy) is 2. The number of methoxy groups -OCH3 is 1. The fraction of sp³-hybridized carbons (Fsp3) is 0.524. The largest absolute Gasteiger partial charge is 0.468 e. The number of carbonyl (C=O) groups is 2. The Kier molecular flexibility index (Phi) is 8.16. The highest BCUT2D eigenvalue weighted by Crippen LogP contribution is 2.20. The molecule has 0 bridgehead atoms. The average molecular weight is 480 g/mol. The fourth-order valence-electron chi connectivity index (χ4n) is 3.60. The van der Waals surface area contributed by atoms with Crippen molar-refractivity contribution in [3.05, 3.63) is 47.3 Å². The van der Waals surface area contributed by atoms with E-state index in [4.69, 9.17) is 9.47 Å². The van der Waals surface area contributed by atoms with Crippen molar-refractivity contribution in [3.63, 3.8) is 0 Å². The van der Waals surface area contributed by atoms with Gasteiger partial charge in [0.15, 0.2) is 0 Å². The summed E-state index contributed by atoms with van der Waals surface area (Å²) in [5.41, 5.74) is 2.47. The highest BCUT2D eigenvalue weighted by atomic mass is 32.2. The van der Waals surface area contributed by atoms with Gasteiger partial charge >= 0.3 is 11.9 Å². The van der Waals surface area contributed by atoms with E-state index in [-0.39, 0.29) is 38.5 Å². The monoisotopic (exact) mass is 479 g/mol. The van der Waals surface area contributed by atoms with Crippen LogP contribution >= 0.6 is 0 Å². The number of carbonyl (C=O) groups excluding carboxylic acids is 2. The molecule has 3 rings (SSSR count). The van der Waals surface area contributed by atoms with Crippen LogP contribution < -0.4 is 0 Å². The first-order chi connectivity index (χ1) is 15.7. The van der Waals surface area contributed by atoms with Crippen LogP contribution in [0.1, 0.15) is 23.7 Å². The minimum absolute atomic E-state index is 0.141. The van der Waals surface area contributed by atoms with Gasteiger partial charge in [0, 0.05) is 19.6 Å². The number of hydrogen-bond acceptors (Lipinski definition) is 9. The minimum Gasteiger partial charge on any atom is -0.468 e. The number of hydrogen-bond donors (Lipinski definition) is 0. The first-order valence-corrected chi connectivity index (χ1v) is 12.2. The minimum atomic E-state index is -3.79. The van der Waals surface area contributed by atoms with E-state index in [1.165, 1.54) is 18.0 Å². The van der Waals surface area contributed by atoms with Crippen LogP contribution in [0.4, 0.5) is 0 Å². The molecule has 0 spiro atoms. The lowest BCUT2D eigenvalue weighted by atomic mass is 10.1. The summed E-state index contributed by atoms with van der Waals surface area (Å²) in [5.74, 6) is -1.27. The van der Waals surface area contributed by atoms with Crippen LogP contribution in [-0.4, -0.2) is 83.2 Å². The molecule has 0 saturated carbocycles. The van der Waals surface area contributed by atoms with Crippen LogP contribution in [0, 0.1) is 6.92 Å². The summed E-state index contributed by atoms with van der Waals surface area (Å²) in [6.45, 7) is 4.59. The maximum Gasteiger partial charge on any atom is 0.327 e. The lowest BCUT2D eigenvalue weighted by molar-refractivity contribution is -0.146. The molecule has 12 heteroatoms. The number of rotatable bonds is 8. The van der Waals surface area contributed by atoms with Gasteiger partial charge in [0.2, 0.25) is 10.0 Å². The number of aromatic nitrogens is 3. The zero-order chi connectivity index (χ0) is 24.0. The lowest BCUT2D eigenvalue weighted by Crippen LogP contribution is -2.48. The molecule has 33 heavy (non-hydrogen) atoms. The summed E-state index contributed by atoms with van der Waals surface area (Å²) in [5, 5.41) is 7.83. The quantitative estimate of drug-likeness (QED) is 0.493. The molecule has 0 amide bonds. The Bertz CT molecular complexity index is 1070. The Morgan fingerprint density at radius 2 is 1.91 bits per heavy atom. The summed E-state index contributed by atoms with van der Waals surface area (Å²) >= 11 is 0. The Hall–Kier alpha value is -2.83. The molecule has 1 fully saturated rings. The molecule has 1 saturated heterocycles. The summed E-state index contributed by atoms with van der Waals surface area (Å²) in [4.78, 5) is 26.2. The third-order valence-electron chi connectivity index (χ3n) is 5.30. The first kappa shape index (κ1) is 24.8. The summed E-state index contributed by atoms with van der Waals surface area (Å²) in [6, 6.07) is 6.92. The molecule has 180 valence electrons. The SMILES string of the molecule is CCOC(=O)Cn1cc(CN2C(C(=O)OC)CN(Cc3ccc(C)cc3)CCS2(=O)=O)nn1. The molecule has 1 aromatic carbocycles. The standard InChI is InChI=1S/C21H29N5O6S/c1-4-32-20(27)15-25-12-18(22-23-25)13-26-19(21(28)31-3)14-24(9-10-33(26,29)30)11-17-7-5-16(2)6-8-17/h5-8,12,19H,4,9-11,13-15H2,1-3H3. The molecule has 1 aromatic heterocycles. The Morgan fingerprint density at radius 1 is 1.18 bits per heavy atom. The fourth-order valence-corrected chi connectivity index (χ4v) is 5.19. The second-order valence-electron chi connectivity index (χ2n) is 7.83. The van der Waals surface area contributed by atoms with E-state index in [1.807, 2.05) is 36.1 Å². The van der Waals surface area contributed by atoms with Crippen molar-refractivity contribution in [1.29, 1.82) is 0 Å². The van der Waals surface area contributed by atoms with Crippen molar-refractivity contribution in [2.45, 2.75) is 39.5 Å². The third kappa shape index (κ3) is 6.59. The second kappa shape index (κ2) is 10.9. The zero-order valence-corrected chi connectivity index (χ0v) is 19.8. The predicted octanol–water partition coefficient (Wildman–Crippen LogP) is 0.339. The van der Waals surface area contributed by atoms with Gasteiger partial charge in [0.05, 0.1) is 37.9 Å². The summed E-state index contributed by atoms with van der Waals surface area (Å²) < 4.78 is 38.4. The number of aryl methyl sites for hydroxylation is 1. The van der Waals surface area contributed by atoms with E-state index in [1.54, 1.807) is 6.92 Å². The summed E-state index contributed by atoms with van der Waals surface area (Å²) in [7, 11) is -2.56. The molecule has 0 N–H and O–H groups in total. The Morgan fingerprint density at radius 3 is 2.58 bits per heavy atom. The smallest absolute Gasteiger partial charge is 0.327 e. The van der Waals surface area contributed by atoms with Gasteiger partial charge in [0.25, 0.3) is 0 Å². The maximum atomic E-state index is 13.1. The number of sulfonamides is 1. The predicted molar refractivity (Wildman–Crippen MR) is 118 cm³/mol. The van der Waals surface area contributed by atoms with Gasteiger partial charge in [-0.3, -0.25) is 14.5 Å². The molecule has 11 nitrogen and oxygen atoms in total. The van der Waals surface area contributed by atoms with Crippen molar-refractivity contribution in [3.8, 4) is 0 Å².